The normalized spacial score (nSPS) is 34.9. The Morgan fingerprint density at radius 3 is 1.57 bits per heavy atom. The highest BCUT2D eigenvalue weighted by atomic mass is 31.2. The molecule has 2 unspecified atom stereocenters. The summed E-state index contributed by atoms with van der Waals surface area (Å²) in [6.45, 7) is -1.23. The van der Waals surface area contributed by atoms with Gasteiger partial charge in [0.15, 0.2) is 22.3 Å². The van der Waals surface area contributed by atoms with Crippen LogP contribution in [0.3, 0.4) is 0 Å². The number of phosphoric ester groups is 2. The van der Waals surface area contributed by atoms with Gasteiger partial charge < -0.3 is 30.7 Å². The number of nitrogens with two attached hydrogens (primary N) is 2. The molecule has 22 nitrogen and oxygen atoms in total. The number of anilines is 2. The number of nitrogen functional groups attached to an aromatic ring is 2. The van der Waals surface area contributed by atoms with Crippen LogP contribution >= 0.6 is 15.6 Å². The van der Waals surface area contributed by atoms with Gasteiger partial charge in [-0.25, -0.2) is 19.1 Å². The Labute approximate surface area is 243 Å². The molecule has 24 heteroatoms. The zero-order chi connectivity index (χ0) is 31.0. The van der Waals surface area contributed by atoms with E-state index in [-0.39, 0.29) is 47.1 Å². The van der Waals surface area contributed by atoms with Crippen LogP contribution in [0.1, 0.15) is 25.3 Å². The third-order valence-corrected chi connectivity index (χ3v) is 9.25. The predicted octanol–water partition coefficient (Wildman–Crippen LogP) is -0.990. The summed E-state index contributed by atoms with van der Waals surface area (Å²) in [6, 6.07) is 0. The van der Waals surface area contributed by atoms with Crippen molar-refractivity contribution in [1.82, 2.24) is 39.0 Å². The Hall–Kier alpha value is -3.56. The van der Waals surface area contributed by atoms with Crippen LogP contribution in [0.15, 0.2) is 22.2 Å². The Kier molecular flexibility index (Phi) is 6.97. The highest BCUT2D eigenvalue weighted by Crippen LogP contribution is 2.53. The standard InChI is InChI=1S/C20H24N10O12P2/c21-19-25-15-13(17(31)27-19)23-5-29(15)11-1-7-9(39-11)3-37-44(35,36)42-8-2-12(40-10(8)4-38-43(33,34)41-7)30-6-24-14-16(30)26-20(22)28-18(14)32/h5-12H,1-4H2,(H,33,34)(H,35,36)(H3,21,25,27,31)(H3,22,26,28,32)/t7-,8-,9+,10+,11+,12+/m0/s1. The molecule has 7 heterocycles. The topological polar surface area (TPSA) is 309 Å². The maximum absolute atomic E-state index is 13.0. The Morgan fingerprint density at radius 1 is 0.750 bits per heavy atom. The number of hydrogen-bond donors (Lipinski definition) is 6. The second-order valence-electron chi connectivity index (χ2n) is 10.1. The first-order chi connectivity index (χ1) is 20.9. The van der Waals surface area contributed by atoms with Crippen LogP contribution < -0.4 is 22.6 Å². The number of rotatable bonds is 2. The SMILES string of the molecule is Nc1nc2c(ncn2[C@H]2C[C@@H]3OP(=O)(O)OC[C@H]4O[C@@H](n5cnc6c(=O)[nH]c(N)nc65)C[C@@H]4OP(=O)(O)OC[C@H]3O2)c(=O)[nH]1. The predicted molar refractivity (Wildman–Crippen MR) is 143 cm³/mol. The molecule has 3 aliphatic heterocycles. The first kappa shape index (κ1) is 29.2. The minimum absolute atomic E-state index is 0.0325. The van der Waals surface area contributed by atoms with E-state index in [1.54, 1.807) is 0 Å². The average Bonchev–Trinajstić information content (AvgIpc) is 3.70. The third-order valence-electron chi connectivity index (χ3n) is 7.22. The molecule has 0 spiro atoms. The fourth-order valence-corrected chi connectivity index (χ4v) is 7.23. The molecule has 4 aromatic heterocycles. The Balaban J connectivity index is 1.13. The molecule has 0 radical (unpaired) electrons. The van der Waals surface area contributed by atoms with Gasteiger partial charge in [-0.1, -0.05) is 0 Å². The Bertz CT molecular complexity index is 1840. The summed E-state index contributed by atoms with van der Waals surface area (Å²) in [6.07, 6.45) is -4.37. The van der Waals surface area contributed by atoms with Crippen molar-refractivity contribution in [2.75, 3.05) is 24.7 Å². The highest BCUT2D eigenvalue weighted by molar-refractivity contribution is 7.47. The number of aromatic amines is 2. The second kappa shape index (κ2) is 10.5. The van der Waals surface area contributed by atoms with E-state index in [1.165, 1.54) is 21.8 Å². The summed E-state index contributed by atoms with van der Waals surface area (Å²) < 4.78 is 61.9. The van der Waals surface area contributed by atoms with E-state index in [0.717, 1.165) is 0 Å². The fraction of sp³-hybridized carbons (Fsp3) is 0.500. The molecule has 8 atom stereocenters. The summed E-state index contributed by atoms with van der Waals surface area (Å²) in [5.74, 6) is -0.351. The van der Waals surface area contributed by atoms with Gasteiger partial charge in [0.1, 0.15) is 36.9 Å². The summed E-state index contributed by atoms with van der Waals surface area (Å²) in [5, 5.41) is 0. The summed E-state index contributed by atoms with van der Waals surface area (Å²) in [5.41, 5.74) is 10.2. The lowest BCUT2D eigenvalue weighted by molar-refractivity contribution is -0.0661. The zero-order valence-corrected chi connectivity index (χ0v) is 23.9. The molecule has 3 fully saturated rings. The first-order valence-corrected chi connectivity index (χ1v) is 15.9. The van der Waals surface area contributed by atoms with Gasteiger partial charge in [0.2, 0.25) is 11.9 Å². The monoisotopic (exact) mass is 658 g/mol. The van der Waals surface area contributed by atoms with E-state index in [1.807, 2.05) is 0 Å². The van der Waals surface area contributed by atoms with Gasteiger partial charge in [-0.15, -0.1) is 0 Å². The van der Waals surface area contributed by atoms with Crippen LogP contribution in [0.25, 0.3) is 22.3 Å². The van der Waals surface area contributed by atoms with Crippen molar-refractivity contribution in [2.45, 2.75) is 49.7 Å². The molecule has 4 aromatic rings. The van der Waals surface area contributed by atoms with Crippen molar-refractivity contribution in [3.8, 4) is 0 Å². The van der Waals surface area contributed by atoms with E-state index in [4.69, 9.17) is 39.0 Å². The highest BCUT2D eigenvalue weighted by Gasteiger charge is 2.47. The fourth-order valence-electron chi connectivity index (χ4n) is 5.31. The van der Waals surface area contributed by atoms with Crippen molar-refractivity contribution < 1.29 is 46.5 Å². The van der Waals surface area contributed by atoms with Crippen LogP contribution in [0, 0.1) is 0 Å². The number of aromatic nitrogens is 8. The van der Waals surface area contributed by atoms with Gasteiger partial charge >= 0.3 is 15.6 Å². The van der Waals surface area contributed by atoms with Crippen molar-refractivity contribution in [1.29, 1.82) is 0 Å². The van der Waals surface area contributed by atoms with Crippen LogP contribution in [0.4, 0.5) is 11.9 Å². The minimum Gasteiger partial charge on any atom is -0.369 e. The van der Waals surface area contributed by atoms with Crippen LogP contribution in [-0.2, 0) is 36.7 Å². The number of fused-ring (bicyclic) bond motifs is 4. The molecule has 0 amide bonds. The number of H-pyrrole nitrogens is 2. The molecule has 0 saturated carbocycles. The second-order valence-corrected chi connectivity index (χ2v) is 12.9. The number of nitrogens with one attached hydrogen (secondary N) is 2. The summed E-state index contributed by atoms with van der Waals surface area (Å²) >= 11 is 0. The maximum Gasteiger partial charge on any atom is 0.472 e. The average molecular weight is 658 g/mol. The smallest absolute Gasteiger partial charge is 0.369 e. The summed E-state index contributed by atoms with van der Waals surface area (Å²) in [4.78, 5) is 66.4. The van der Waals surface area contributed by atoms with Gasteiger partial charge in [-0.2, -0.15) is 9.97 Å². The Morgan fingerprint density at radius 2 is 1.16 bits per heavy atom. The number of nitrogens with zero attached hydrogens (tertiary/aromatic N) is 6. The summed E-state index contributed by atoms with van der Waals surface area (Å²) in [7, 11) is -9.60. The number of phosphoric acid groups is 2. The molecule has 44 heavy (non-hydrogen) atoms. The van der Waals surface area contributed by atoms with Crippen molar-refractivity contribution in [3.63, 3.8) is 0 Å². The van der Waals surface area contributed by atoms with Gasteiger partial charge in [-0.05, 0) is 0 Å². The number of hydrogen-bond acceptors (Lipinski definition) is 16. The molecule has 236 valence electrons. The molecule has 3 aliphatic rings. The van der Waals surface area contributed by atoms with Crippen molar-refractivity contribution >= 4 is 49.9 Å². The maximum atomic E-state index is 13.0. The van der Waals surface area contributed by atoms with E-state index in [2.05, 4.69) is 29.9 Å². The van der Waals surface area contributed by atoms with Crippen LogP contribution in [0.2, 0.25) is 0 Å². The molecule has 3 saturated heterocycles. The van der Waals surface area contributed by atoms with Gasteiger partial charge in [0, 0.05) is 12.8 Å². The molecule has 0 aliphatic carbocycles. The van der Waals surface area contributed by atoms with E-state index >= 15 is 0 Å². The van der Waals surface area contributed by atoms with Crippen molar-refractivity contribution in [3.05, 3.63) is 33.4 Å². The molecule has 0 bridgehead atoms. The largest absolute Gasteiger partial charge is 0.472 e. The molecular formula is C20H24N10O12P2. The van der Waals surface area contributed by atoms with E-state index in [0.29, 0.717) is 0 Å². The first-order valence-electron chi connectivity index (χ1n) is 12.9. The lowest BCUT2D eigenvalue weighted by Crippen LogP contribution is -2.32. The van der Waals surface area contributed by atoms with Gasteiger partial charge in [-0.3, -0.25) is 46.8 Å². The van der Waals surface area contributed by atoms with Gasteiger partial charge in [0.05, 0.1) is 25.9 Å². The lowest BCUT2D eigenvalue weighted by atomic mass is 10.2. The lowest BCUT2D eigenvalue weighted by Gasteiger charge is -2.26. The van der Waals surface area contributed by atoms with Crippen molar-refractivity contribution in [2.24, 2.45) is 0 Å². The van der Waals surface area contributed by atoms with Crippen LogP contribution in [0.5, 0.6) is 0 Å². The number of ether oxygens (including phenoxy) is 2. The molecule has 8 N–H and O–H groups in total. The quantitative estimate of drug-likeness (QED) is 0.141. The van der Waals surface area contributed by atoms with E-state index in [9.17, 15) is 28.5 Å². The van der Waals surface area contributed by atoms with Gasteiger partial charge in [0.25, 0.3) is 11.1 Å². The van der Waals surface area contributed by atoms with E-state index < -0.39 is 76.8 Å². The zero-order valence-electron chi connectivity index (χ0n) is 22.2. The minimum atomic E-state index is -4.80. The molecular weight excluding hydrogens is 634 g/mol. The molecule has 7 rings (SSSR count). The van der Waals surface area contributed by atoms with Crippen LogP contribution in [-0.4, -0.2) is 86.5 Å². The third kappa shape index (κ3) is 5.34. The number of imidazole rings is 2. The molecule has 0 aromatic carbocycles.